The Bertz CT molecular complexity index is 724. The van der Waals surface area contributed by atoms with Gasteiger partial charge in [0.1, 0.15) is 5.82 Å². The molecule has 3 rings (SSSR count). The lowest BCUT2D eigenvalue weighted by Gasteiger charge is -2.05. The summed E-state index contributed by atoms with van der Waals surface area (Å²) >= 11 is 0. The number of hydrogen-bond donors (Lipinski definition) is 1. The monoisotopic (exact) mass is 316 g/mol. The van der Waals surface area contributed by atoms with Crippen LogP contribution < -0.4 is 14.8 Å². The number of fused-ring (bicyclic) bond motifs is 1. The molecule has 0 bridgehead atoms. The second kappa shape index (κ2) is 6.28. The molecule has 1 N–H and O–H groups in total. The first-order valence-corrected chi connectivity index (χ1v) is 7.64. The molecule has 7 nitrogen and oxygen atoms in total. The third-order valence-electron chi connectivity index (χ3n) is 3.62. The molecule has 0 aliphatic carbocycles. The van der Waals surface area contributed by atoms with Crippen LogP contribution in [0.3, 0.4) is 0 Å². The van der Waals surface area contributed by atoms with Crippen molar-refractivity contribution in [2.75, 3.05) is 12.1 Å². The van der Waals surface area contributed by atoms with E-state index in [4.69, 9.17) is 9.47 Å². The number of aryl methyl sites for hydroxylation is 2. The highest BCUT2D eigenvalue weighted by Crippen LogP contribution is 2.32. The highest BCUT2D eigenvalue weighted by atomic mass is 16.7. The van der Waals surface area contributed by atoms with Gasteiger partial charge >= 0.3 is 0 Å². The lowest BCUT2D eigenvalue weighted by atomic mass is 10.1. The minimum atomic E-state index is -0.108. The van der Waals surface area contributed by atoms with Crippen molar-refractivity contribution in [2.45, 2.75) is 39.7 Å². The molecule has 0 saturated heterocycles. The molecule has 0 radical (unpaired) electrons. The van der Waals surface area contributed by atoms with Crippen LogP contribution in [0.15, 0.2) is 18.2 Å². The van der Waals surface area contributed by atoms with E-state index in [-0.39, 0.29) is 18.7 Å². The number of hydrogen-bond acceptors (Lipinski definition) is 5. The molecule has 1 amide bonds. The number of carbonyl (C=O) groups excluding carboxylic acids is 1. The van der Waals surface area contributed by atoms with E-state index in [1.165, 1.54) is 0 Å². The molecule has 0 fully saturated rings. The molecule has 0 atom stereocenters. The summed E-state index contributed by atoms with van der Waals surface area (Å²) in [6.45, 7) is 6.16. The van der Waals surface area contributed by atoms with Gasteiger partial charge in [0, 0.05) is 12.5 Å². The zero-order valence-corrected chi connectivity index (χ0v) is 13.5. The second-order valence-electron chi connectivity index (χ2n) is 5.76. The minimum Gasteiger partial charge on any atom is -0.454 e. The minimum absolute atomic E-state index is 0.108. The average molecular weight is 316 g/mol. The molecule has 122 valence electrons. The van der Waals surface area contributed by atoms with Gasteiger partial charge in [0.2, 0.25) is 18.6 Å². The fourth-order valence-electron chi connectivity index (χ4n) is 2.48. The quantitative estimate of drug-likeness (QED) is 0.917. The normalized spacial score (nSPS) is 12.7. The lowest BCUT2D eigenvalue weighted by Crippen LogP contribution is -2.14. The molecule has 23 heavy (non-hydrogen) atoms. The van der Waals surface area contributed by atoms with Gasteiger partial charge in [0.05, 0.1) is 0 Å². The van der Waals surface area contributed by atoms with Crippen molar-refractivity contribution in [3.63, 3.8) is 0 Å². The van der Waals surface area contributed by atoms with Gasteiger partial charge in [0.15, 0.2) is 11.5 Å². The van der Waals surface area contributed by atoms with Gasteiger partial charge in [-0.15, -0.1) is 5.10 Å². The fourth-order valence-corrected chi connectivity index (χ4v) is 2.48. The molecular weight excluding hydrogens is 296 g/mol. The van der Waals surface area contributed by atoms with Gasteiger partial charge < -0.3 is 9.47 Å². The van der Waals surface area contributed by atoms with E-state index in [0.717, 1.165) is 22.9 Å². The lowest BCUT2D eigenvalue weighted by molar-refractivity contribution is -0.116. The maximum atomic E-state index is 12.1. The SMILES string of the molecule is Cc1nc(NC(=O)CCc2ccc3c(c2)OCO3)nn1C(C)C. The molecule has 2 heterocycles. The van der Waals surface area contributed by atoms with Crippen molar-refractivity contribution in [1.29, 1.82) is 0 Å². The number of aromatic nitrogens is 3. The Labute approximate surface area is 134 Å². The van der Waals surface area contributed by atoms with Crippen molar-refractivity contribution in [3.8, 4) is 11.5 Å². The molecule has 1 aliphatic heterocycles. The van der Waals surface area contributed by atoms with Gasteiger partial charge in [-0.25, -0.2) is 4.68 Å². The van der Waals surface area contributed by atoms with E-state index in [9.17, 15) is 4.79 Å². The Hall–Kier alpha value is -2.57. The van der Waals surface area contributed by atoms with E-state index in [0.29, 0.717) is 18.8 Å². The predicted octanol–water partition coefficient (Wildman–Crippen LogP) is 2.47. The van der Waals surface area contributed by atoms with E-state index in [1.807, 2.05) is 39.0 Å². The standard InChI is InChI=1S/C16H20N4O3/c1-10(2)20-11(3)17-16(19-20)18-15(21)7-5-12-4-6-13-14(8-12)23-9-22-13/h4,6,8,10H,5,7,9H2,1-3H3,(H,18,19,21). The van der Waals surface area contributed by atoms with E-state index in [2.05, 4.69) is 15.4 Å². The van der Waals surface area contributed by atoms with Crippen LogP contribution in [-0.2, 0) is 11.2 Å². The van der Waals surface area contributed by atoms with Crippen LogP contribution in [0, 0.1) is 6.92 Å². The highest BCUT2D eigenvalue weighted by Gasteiger charge is 2.14. The summed E-state index contributed by atoms with van der Waals surface area (Å²) in [5.74, 6) is 2.51. The van der Waals surface area contributed by atoms with Crippen LogP contribution >= 0.6 is 0 Å². The number of ether oxygens (including phenoxy) is 2. The van der Waals surface area contributed by atoms with Gasteiger partial charge in [0.25, 0.3) is 0 Å². The molecule has 1 aromatic heterocycles. The third-order valence-corrected chi connectivity index (χ3v) is 3.62. The smallest absolute Gasteiger partial charge is 0.248 e. The predicted molar refractivity (Wildman–Crippen MR) is 84.7 cm³/mol. The van der Waals surface area contributed by atoms with Crippen molar-refractivity contribution in [1.82, 2.24) is 14.8 Å². The summed E-state index contributed by atoms with van der Waals surface area (Å²) in [5, 5.41) is 7.03. The van der Waals surface area contributed by atoms with Crippen LogP contribution in [-0.4, -0.2) is 27.5 Å². The number of nitrogens with one attached hydrogen (secondary N) is 1. The highest BCUT2D eigenvalue weighted by molar-refractivity contribution is 5.89. The third kappa shape index (κ3) is 3.44. The molecule has 0 spiro atoms. The van der Waals surface area contributed by atoms with E-state index in [1.54, 1.807) is 4.68 Å². The van der Waals surface area contributed by atoms with Crippen LogP contribution in [0.5, 0.6) is 11.5 Å². The first-order chi connectivity index (χ1) is 11.0. The fraction of sp³-hybridized carbons (Fsp3) is 0.438. The van der Waals surface area contributed by atoms with Gasteiger partial charge in [-0.05, 0) is 44.9 Å². The Morgan fingerprint density at radius 3 is 2.87 bits per heavy atom. The number of rotatable bonds is 5. The molecule has 7 heteroatoms. The Kier molecular flexibility index (Phi) is 4.18. The molecule has 0 saturated carbocycles. The molecular formula is C16H20N4O3. The largest absolute Gasteiger partial charge is 0.454 e. The first kappa shape index (κ1) is 15.3. The maximum absolute atomic E-state index is 12.1. The summed E-state index contributed by atoms with van der Waals surface area (Å²) in [5.41, 5.74) is 1.03. The molecule has 1 aliphatic rings. The van der Waals surface area contributed by atoms with E-state index >= 15 is 0 Å². The summed E-state index contributed by atoms with van der Waals surface area (Å²) in [6, 6.07) is 5.93. The summed E-state index contributed by atoms with van der Waals surface area (Å²) in [6.07, 6.45) is 0.973. The summed E-state index contributed by atoms with van der Waals surface area (Å²) < 4.78 is 12.4. The van der Waals surface area contributed by atoms with Gasteiger partial charge in [-0.2, -0.15) is 4.98 Å². The van der Waals surface area contributed by atoms with Gasteiger partial charge in [-0.1, -0.05) is 6.07 Å². The zero-order valence-electron chi connectivity index (χ0n) is 13.5. The summed E-state index contributed by atoms with van der Waals surface area (Å²) in [4.78, 5) is 16.3. The number of carbonyl (C=O) groups is 1. The number of nitrogens with zero attached hydrogens (tertiary/aromatic N) is 3. The Morgan fingerprint density at radius 1 is 1.35 bits per heavy atom. The van der Waals surface area contributed by atoms with Crippen molar-refractivity contribution in [3.05, 3.63) is 29.6 Å². The zero-order chi connectivity index (χ0) is 16.4. The second-order valence-corrected chi connectivity index (χ2v) is 5.76. The van der Waals surface area contributed by atoms with Gasteiger partial charge in [-0.3, -0.25) is 10.1 Å². The Balaban J connectivity index is 1.56. The first-order valence-electron chi connectivity index (χ1n) is 7.64. The van der Waals surface area contributed by atoms with E-state index < -0.39 is 0 Å². The number of amides is 1. The molecule has 0 unspecified atom stereocenters. The topological polar surface area (TPSA) is 78.3 Å². The molecule has 2 aromatic rings. The van der Waals surface area contributed by atoms with Crippen molar-refractivity contribution in [2.24, 2.45) is 0 Å². The maximum Gasteiger partial charge on any atom is 0.248 e. The number of benzene rings is 1. The number of anilines is 1. The van der Waals surface area contributed by atoms with Crippen LogP contribution in [0.1, 0.15) is 37.7 Å². The average Bonchev–Trinajstić information content (AvgIpc) is 3.10. The van der Waals surface area contributed by atoms with Crippen LogP contribution in [0.4, 0.5) is 5.95 Å². The Morgan fingerprint density at radius 2 is 2.13 bits per heavy atom. The van der Waals surface area contributed by atoms with Crippen molar-refractivity contribution < 1.29 is 14.3 Å². The summed E-state index contributed by atoms with van der Waals surface area (Å²) in [7, 11) is 0. The van der Waals surface area contributed by atoms with Crippen molar-refractivity contribution >= 4 is 11.9 Å². The van der Waals surface area contributed by atoms with Crippen LogP contribution in [0.25, 0.3) is 0 Å². The molecule has 1 aromatic carbocycles. The van der Waals surface area contributed by atoms with Crippen LogP contribution in [0.2, 0.25) is 0 Å².